The molecule has 114 valence electrons. The van der Waals surface area contributed by atoms with Gasteiger partial charge in [-0.15, -0.1) is 11.3 Å². The topological polar surface area (TPSA) is 17.1 Å². The van der Waals surface area contributed by atoms with Gasteiger partial charge in [-0.05, 0) is 45.3 Å². The van der Waals surface area contributed by atoms with E-state index in [0.29, 0.717) is 6.42 Å². The van der Waals surface area contributed by atoms with E-state index in [-0.39, 0.29) is 5.78 Å². The predicted octanol–water partition coefficient (Wildman–Crippen LogP) is 5.86. The lowest BCUT2D eigenvalue weighted by molar-refractivity contribution is -0.113. The Morgan fingerprint density at radius 1 is 0.913 bits per heavy atom. The Balaban J connectivity index is 1.95. The van der Waals surface area contributed by atoms with Crippen molar-refractivity contribution in [2.24, 2.45) is 0 Å². The molecule has 0 bridgehead atoms. The number of allylic oxidation sites excluding steroid dienone is 1. The van der Waals surface area contributed by atoms with Crippen molar-refractivity contribution >= 4 is 44.7 Å². The van der Waals surface area contributed by atoms with Crippen molar-refractivity contribution in [3.05, 3.63) is 92.6 Å². The second-order valence-electron chi connectivity index (χ2n) is 5.15. The van der Waals surface area contributed by atoms with Gasteiger partial charge in [0, 0.05) is 16.9 Å². The number of hydrogen-bond donors (Lipinski definition) is 0. The van der Waals surface area contributed by atoms with Crippen molar-refractivity contribution in [3.63, 3.8) is 0 Å². The van der Waals surface area contributed by atoms with Crippen LogP contribution in [0.25, 0.3) is 11.6 Å². The molecule has 2 aromatic carbocycles. The molecule has 3 rings (SSSR count). The summed E-state index contributed by atoms with van der Waals surface area (Å²) in [6, 6.07) is 23.7. The van der Waals surface area contributed by atoms with Gasteiger partial charge in [0.15, 0.2) is 5.78 Å². The van der Waals surface area contributed by atoms with Crippen molar-refractivity contribution in [1.82, 2.24) is 0 Å². The summed E-state index contributed by atoms with van der Waals surface area (Å²) in [5.41, 5.74) is 2.74. The predicted molar refractivity (Wildman–Crippen MR) is 101 cm³/mol. The Hall–Kier alpha value is -1.97. The van der Waals surface area contributed by atoms with E-state index in [4.69, 9.17) is 0 Å². The molecule has 1 nitrogen and oxygen atoms in total. The molecule has 0 fully saturated rings. The third kappa shape index (κ3) is 4.27. The standard InChI is InChI=1S/C20H15BrOS/c21-20-12-11-17(23-20)14-18(16-9-5-2-6-10-16)19(22)13-15-7-3-1-4-8-15/h1-12,14H,13H2/b18-14+. The largest absolute Gasteiger partial charge is 0.294 e. The zero-order valence-electron chi connectivity index (χ0n) is 12.4. The summed E-state index contributed by atoms with van der Waals surface area (Å²) in [6.45, 7) is 0. The number of Topliss-reactive ketones (excluding diaryl/α,β-unsaturated/α-hetero) is 1. The molecule has 1 aromatic heterocycles. The first-order valence-electron chi connectivity index (χ1n) is 7.32. The Bertz CT molecular complexity index is 819. The summed E-state index contributed by atoms with van der Waals surface area (Å²) >= 11 is 5.10. The summed E-state index contributed by atoms with van der Waals surface area (Å²) in [5, 5.41) is 0. The van der Waals surface area contributed by atoms with E-state index in [1.54, 1.807) is 11.3 Å². The van der Waals surface area contributed by atoms with Gasteiger partial charge in [-0.25, -0.2) is 0 Å². The summed E-state index contributed by atoms with van der Waals surface area (Å²) in [4.78, 5) is 13.9. The molecule has 0 radical (unpaired) electrons. The highest BCUT2D eigenvalue weighted by Gasteiger charge is 2.13. The van der Waals surface area contributed by atoms with Gasteiger partial charge in [0.1, 0.15) is 0 Å². The summed E-state index contributed by atoms with van der Waals surface area (Å²) in [6.07, 6.45) is 2.39. The Kier molecular flexibility index (Phi) is 5.21. The average Bonchev–Trinajstić information content (AvgIpc) is 2.99. The average molecular weight is 383 g/mol. The second-order valence-corrected chi connectivity index (χ2v) is 7.65. The third-order valence-corrected chi connectivity index (χ3v) is 5.04. The molecule has 0 N–H and O–H groups in total. The zero-order chi connectivity index (χ0) is 16.1. The summed E-state index contributed by atoms with van der Waals surface area (Å²) < 4.78 is 1.06. The SMILES string of the molecule is O=C(Cc1ccccc1)/C(=C/c1ccc(Br)s1)c1ccccc1. The van der Waals surface area contributed by atoms with E-state index in [9.17, 15) is 4.79 Å². The van der Waals surface area contributed by atoms with E-state index >= 15 is 0 Å². The fraction of sp³-hybridized carbons (Fsp3) is 0.0500. The van der Waals surface area contributed by atoms with Gasteiger partial charge in [0.2, 0.25) is 0 Å². The molecule has 0 unspecified atom stereocenters. The minimum Gasteiger partial charge on any atom is -0.294 e. The van der Waals surface area contributed by atoms with Crippen LogP contribution in [0.15, 0.2) is 76.6 Å². The van der Waals surface area contributed by atoms with Crippen LogP contribution < -0.4 is 0 Å². The van der Waals surface area contributed by atoms with Crippen LogP contribution in [-0.2, 0) is 11.2 Å². The molecule has 23 heavy (non-hydrogen) atoms. The normalized spacial score (nSPS) is 11.4. The van der Waals surface area contributed by atoms with Crippen LogP contribution in [0.4, 0.5) is 0 Å². The maximum Gasteiger partial charge on any atom is 0.167 e. The van der Waals surface area contributed by atoms with Crippen LogP contribution in [0.5, 0.6) is 0 Å². The second kappa shape index (κ2) is 7.53. The Morgan fingerprint density at radius 2 is 1.57 bits per heavy atom. The number of thiophene rings is 1. The van der Waals surface area contributed by atoms with E-state index in [1.807, 2.05) is 78.9 Å². The van der Waals surface area contributed by atoms with Crippen LogP contribution in [0, 0.1) is 0 Å². The molecule has 3 heteroatoms. The van der Waals surface area contributed by atoms with Crippen molar-refractivity contribution in [2.75, 3.05) is 0 Å². The fourth-order valence-corrected chi connectivity index (χ4v) is 3.73. The van der Waals surface area contributed by atoms with Crippen LogP contribution in [0.2, 0.25) is 0 Å². The first-order chi connectivity index (χ1) is 11.2. The fourth-order valence-electron chi connectivity index (χ4n) is 2.37. The smallest absolute Gasteiger partial charge is 0.167 e. The minimum absolute atomic E-state index is 0.131. The van der Waals surface area contributed by atoms with Gasteiger partial charge in [-0.3, -0.25) is 4.79 Å². The van der Waals surface area contributed by atoms with Crippen molar-refractivity contribution in [2.45, 2.75) is 6.42 Å². The number of carbonyl (C=O) groups excluding carboxylic acids is 1. The molecule has 3 aromatic rings. The lowest BCUT2D eigenvalue weighted by Gasteiger charge is -2.07. The molecule has 1 heterocycles. The first kappa shape index (κ1) is 15.9. The molecule has 0 saturated carbocycles. The number of rotatable bonds is 5. The molecule has 0 spiro atoms. The molecule has 0 aliphatic heterocycles. The Labute approximate surface area is 148 Å². The highest BCUT2D eigenvalue weighted by molar-refractivity contribution is 9.11. The van der Waals surface area contributed by atoms with Crippen LogP contribution >= 0.6 is 27.3 Å². The van der Waals surface area contributed by atoms with E-state index in [1.165, 1.54) is 0 Å². The minimum atomic E-state index is 0.131. The van der Waals surface area contributed by atoms with Gasteiger partial charge < -0.3 is 0 Å². The highest BCUT2D eigenvalue weighted by atomic mass is 79.9. The summed E-state index contributed by atoms with van der Waals surface area (Å²) in [5.74, 6) is 0.131. The van der Waals surface area contributed by atoms with Gasteiger partial charge in [-0.2, -0.15) is 0 Å². The molecule has 0 aliphatic carbocycles. The van der Waals surface area contributed by atoms with Crippen molar-refractivity contribution in [3.8, 4) is 0 Å². The van der Waals surface area contributed by atoms with Gasteiger partial charge in [0.05, 0.1) is 3.79 Å². The molecule has 0 atom stereocenters. The number of halogens is 1. The quantitative estimate of drug-likeness (QED) is 0.504. The Morgan fingerprint density at radius 3 is 2.17 bits per heavy atom. The van der Waals surface area contributed by atoms with E-state index in [0.717, 1.165) is 25.4 Å². The molecular weight excluding hydrogens is 368 g/mol. The van der Waals surface area contributed by atoms with E-state index in [2.05, 4.69) is 15.9 Å². The molecular formula is C20H15BrOS. The number of ketones is 1. The lowest BCUT2D eigenvalue weighted by atomic mass is 9.96. The van der Waals surface area contributed by atoms with Crippen LogP contribution in [-0.4, -0.2) is 5.78 Å². The molecule has 0 saturated heterocycles. The van der Waals surface area contributed by atoms with Gasteiger partial charge in [0.25, 0.3) is 0 Å². The van der Waals surface area contributed by atoms with Crippen molar-refractivity contribution in [1.29, 1.82) is 0 Å². The van der Waals surface area contributed by atoms with Crippen LogP contribution in [0.1, 0.15) is 16.0 Å². The van der Waals surface area contributed by atoms with Gasteiger partial charge >= 0.3 is 0 Å². The van der Waals surface area contributed by atoms with Gasteiger partial charge in [-0.1, -0.05) is 60.7 Å². The summed E-state index contributed by atoms with van der Waals surface area (Å²) in [7, 11) is 0. The molecule has 0 aliphatic rings. The lowest BCUT2D eigenvalue weighted by Crippen LogP contribution is -2.05. The number of benzene rings is 2. The molecule has 0 amide bonds. The number of carbonyl (C=O) groups is 1. The maximum atomic E-state index is 12.8. The first-order valence-corrected chi connectivity index (χ1v) is 8.93. The number of hydrogen-bond acceptors (Lipinski definition) is 2. The van der Waals surface area contributed by atoms with Crippen molar-refractivity contribution < 1.29 is 4.79 Å². The zero-order valence-corrected chi connectivity index (χ0v) is 14.8. The van der Waals surface area contributed by atoms with Crippen LogP contribution in [0.3, 0.4) is 0 Å². The third-order valence-electron chi connectivity index (χ3n) is 3.47. The monoisotopic (exact) mass is 382 g/mol. The maximum absolute atomic E-state index is 12.8. The highest BCUT2D eigenvalue weighted by Crippen LogP contribution is 2.27. The van der Waals surface area contributed by atoms with E-state index < -0.39 is 0 Å².